The second-order valence-corrected chi connectivity index (χ2v) is 11.6. The molecule has 0 aromatic heterocycles. The lowest BCUT2D eigenvalue weighted by Gasteiger charge is -2.33. The number of fused-ring (bicyclic) bond motifs is 1. The van der Waals surface area contributed by atoms with Crippen molar-refractivity contribution < 1.29 is 27.5 Å². The summed E-state index contributed by atoms with van der Waals surface area (Å²) >= 11 is 12.8. The highest BCUT2D eigenvalue weighted by Gasteiger charge is 2.33. The first-order valence-corrected chi connectivity index (χ1v) is 15.0. The van der Waals surface area contributed by atoms with Gasteiger partial charge in [0.05, 0.1) is 11.9 Å². The summed E-state index contributed by atoms with van der Waals surface area (Å²) in [6.45, 7) is 4.36. The number of benzene rings is 2. The minimum absolute atomic E-state index is 0.0736. The van der Waals surface area contributed by atoms with E-state index in [1.165, 1.54) is 11.0 Å². The molecule has 9 nitrogen and oxygen atoms in total. The summed E-state index contributed by atoms with van der Waals surface area (Å²) in [6.07, 6.45) is 3.00. The molecule has 1 aliphatic rings. The summed E-state index contributed by atoms with van der Waals surface area (Å²) in [5.74, 6) is -0.0395. The van der Waals surface area contributed by atoms with E-state index < -0.39 is 28.5 Å². The van der Waals surface area contributed by atoms with E-state index in [0.29, 0.717) is 53.3 Å². The lowest BCUT2D eigenvalue weighted by Crippen LogP contribution is -2.52. The number of anilines is 1. The van der Waals surface area contributed by atoms with Crippen LogP contribution in [0.5, 0.6) is 11.5 Å². The van der Waals surface area contributed by atoms with Crippen LogP contribution >= 0.6 is 23.2 Å². The van der Waals surface area contributed by atoms with E-state index in [1.54, 1.807) is 37.3 Å². The number of hydrogen-bond donors (Lipinski definition) is 1. The summed E-state index contributed by atoms with van der Waals surface area (Å²) < 4.78 is 37.8. The Kier molecular flexibility index (Phi) is 10.5. The van der Waals surface area contributed by atoms with Crippen molar-refractivity contribution in [2.45, 2.75) is 45.7 Å². The fourth-order valence-electron chi connectivity index (χ4n) is 4.08. The first-order chi connectivity index (χ1) is 18.1. The van der Waals surface area contributed by atoms with Crippen molar-refractivity contribution in [3.8, 4) is 11.5 Å². The molecule has 208 valence electrons. The van der Waals surface area contributed by atoms with Gasteiger partial charge in [-0.3, -0.25) is 13.9 Å². The van der Waals surface area contributed by atoms with Crippen molar-refractivity contribution in [1.82, 2.24) is 10.2 Å². The molecule has 0 saturated heterocycles. The zero-order valence-corrected chi connectivity index (χ0v) is 24.0. The van der Waals surface area contributed by atoms with Crippen LogP contribution in [-0.4, -0.2) is 63.7 Å². The number of nitrogens with zero attached hydrogens (tertiary/aromatic N) is 2. The fraction of sp³-hybridized carbons (Fsp3) is 0.462. The maximum absolute atomic E-state index is 13.8. The second-order valence-electron chi connectivity index (χ2n) is 8.89. The van der Waals surface area contributed by atoms with Gasteiger partial charge in [-0.2, -0.15) is 0 Å². The van der Waals surface area contributed by atoms with Gasteiger partial charge in [0.1, 0.15) is 25.8 Å². The molecule has 12 heteroatoms. The summed E-state index contributed by atoms with van der Waals surface area (Å²) in [5.41, 5.74) is 0.704. The molecule has 2 aromatic carbocycles. The second kappa shape index (κ2) is 13.4. The van der Waals surface area contributed by atoms with Crippen molar-refractivity contribution in [3.63, 3.8) is 0 Å². The van der Waals surface area contributed by atoms with Crippen LogP contribution in [0, 0.1) is 0 Å². The lowest BCUT2D eigenvalue weighted by molar-refractivity contribution is -0.140. The average molecular weight is 587 g/mol. The van der Waals surface area contributed by atoms with Crippen molar-refractivity contribution in [2.24, 2.45) is 0 Å². The number of sulfonamides is 1. The molecule has 0 fully saturated rings. The molecule has 1 aliphatic heterocycles. The Balaban J connectivity index is 1.97. The Labute approximate surface area is 234 Å². The van der Waals surface area contributed by atoms with Crippen LogP contribution in [0.3, 0.4) is 0 Å². The molecule has 1 N–H and O–H groups in total. The highest BCUT2D eigenvalue weighted by molar-refractivity contribution is 7.92. The van der Waals surface area contributed by atoms with Crippen LogP contribution in [0.15, 0.2) is 36.4 Å². The number of unbranched alkanes of at least 4 members (excludes halogenated alkanes) is 1. The van der Waals surface area contributed by atoms with E-state index in [9.17, 15) is 18.0 Å². The van der Waals surface area contributed by atoms with Gasteiger partial charge in [-0.25, -0.2) is 8.42 Å². The molecular formula is C26H33Cl2N3O6S. The number of amides is 2. The molecule has 1 heterocycles. The molecule has 3 rings (SSSR count). The van der Waals surface area contributed by atoms with E-state index in [4.69, 9.17) is 32.7 Å². The van der Waals surface area contributed by atoms with E-state index in [-0.39, 0.29) is 18.1 Å². The van der Waals surface area contributed by atoms with Gasteiger partial charge < -0.3 is 19.7 Å². The minimum Gasteiger partial charge on any atom is -0.486 e. The van der Waals surface area contributed by atoms with Crippen molar-refractivity contribution >= 4 is 50.7 Å². The van der Waals surface area contributed by atoms with Crippen LogP contribution in [0.4, 0.5) is 5.69 Å². The van der Waals surface area contributed by atoms with Crippen LogP contribution in [0.25, 0.3) is 0 Å². The van der Waals surface area contributed by atoms with Crippen molar-refractivity contribution in [1.29, 1.82) is 0 Å². The monoisotopic (exact) mass is 585 g/mol. The maximum Gasteiger partial charge on any atom is 0.244 e. The first-order valence-electron chi connectivity index (χ1n) is 12.4. The molecule has 0 bridgehead atoms. The van der Waals surface area contributed by atoms with Crippen LogP contribution < -0.4 is 19.1 Å². The SMILES string of the molecule is CCCCNC(=O)C(CC)N(Cc1c(Cl)cccc1Cl)C(=O)CN(c1ccc2c(c1)OCCO2)S(C)(=O)=O. The number of ether oxygens (including phenoxy) is 2. The van der Waals surface area contributed by atoms with Crippen LogP contribution in [-0.2, 0) is 26.2 Å². The fourth-order valence-corrected chi connectivity index (χ4v) is 5.44. The molecule has 0 aliphatic carbocycles. The Bertz CT molecular complexity index is 1240. The zero-order valence-electron chi connectivity index (χ0n) is 21.7. The van der Waals surface area contributed by atoms with Gasteiger partial charge in [0.25, 0.3) is 0 Å². The molecular weight excluding hydrogens is 553 g/mol. The molecule has 1 unspecified atom stereocenters. The van der Waals surface area contributed by atoms with E-state index >= 15 is 0 Å². The van der Waals surface area contributed by atoms with Gasteiger partial charge >= 0.3 is 0 Å². The molecule has 2 amide bonds. The Morgan fingerprint density at radius 1 is 1.05 bits per heavy atom. The van der Waals surface area contributed by atoms with Gasteiger partial charge in [-0.15, -0.1) is 0 Å². The predicted octanol–water partition coefficient (Wildman–Crippen LogP) is 4.25. The van der Waals surface area contributed by atoms with E-state index in [0.717, 1.165) is 23.4 Å². The summed E-state index contributed by atoms with van der Waals surface area (Å²) in [4.78, 5) is 28.3. The standard InChI is InChI=1S/C26H33Cl2N3O6S/c1-4-6-12-29-26(33)22(5-2)30(16-19-20(27)8-7-9-21(19)28)25(32)17-31(38(3,34)35)18-10-11-23-24(15-18)37-14-13-36-23/h7-11,15,22H,4-6,12-14,16-17H2,1-3H3,(H,29,33). The zero-order chi connectivity index (χ0) is 27.9. The predicted molar refractivity (Wildman–Crippen MR) is 149 cm³/mol. The Morgan fingerprint density at radius 3 is 2.32 bits per heavy atom. The number of rotatable bonds is 12. The molecule has 0 spiro atoms. The van der Waals surface area contributed by atoms with Crippen molar-refractivity contribution in [2.75, 3.05) is 36.9 Å². The van der Waals surface area contributed by atoms with Crippen molar-refractivity contribution in [3.05, 3.63) is 52.0 Å². The third-order valence-electron chi connectivity index (χ3n) is 6.10. The Hall–Kier alpha value is -2.69. The highest BCUT2D eigenvalue weighted by Crippen LogP contribution is 2.35. The normalized spacial score (nSPS) is 13.5. The molecule has 1 atom stereocenters. The summed E-state index contributed by atoms with van der Waals surface area (Å²) in [5, 5.41) is 3.55. The largest absolute Gasteiger partial charge is 0.486 e. The van der Waals surface area contributed by atoms with Gasteiger partial charge in [0, 0.05) is 34.8 Å². The number of carbonyl (C=O) groups is 2. The van der Waals surface area contributed by atoms with E-state index in [1.807, 2.05) is 6.92 Å². The Morgan fingerprint density at radius 2 is 1.71 bits per heavy atom. The lowest BCUT2D eigenvalue weighted by atomic mass is 10.1. The number of halogens is 2. The third-order valence-corrected chi connectivity index (χ3v) is 7.95. The van der Waals surface area contributed by atoms with Gasteiger partial charge in [0.2, 0.25) is 21.8 Å². The molecule has 2 aromatic rings. The topological polar surface area (TPSA) is 105 Å². The van der Waals surface area contributed by atoms with Crippen LogP contribution in [0.2, 0.25) is 10.0 Å². The summed E-state index contributed by atoms with van der Waals surface area (Å²) in [7, 11) is -3.90. The molecule has 0 saturated carbocycles. The van der Waals surface area contributed by atoms with Gasteiger partial charge in [-0.05, 0) is 37.1 Å². The summed E-state index contributed by atoms with van der Waals surface area (Å²) in [6, 6.07) is 8.77. The maximum atomic E-state index is 13.8. The van der Waals surface area contributed by atoms with Gasteiger partial charge in [0.15, 0.2) is 11.5 Å². The smallest absolute Gasteiger partial charge is 0.244 e. The number of hydrogen-bond acceptors (Lipinski definition) is 6. The average Bonchev–Trinajstić information content (AvgIpc) is 2.88. The minimum atomic E-state index is -3.90. The van der Waals surface area contributed by atoms with Crippen LogP contribution in [0.1, 0.15) is 38.7 Å². The van der Waals surface area contributed by atoms with Gasteiger partial charge in [-0.1, -0.05) is 49.5 Å². The number of nitrogens with one attached hydrogen (secondary N) is 1. The molecule has 0 radical (unpaired) electrons. The van der Waals surface area contributed by atoms with E-state index in [2.05, 4.69) is 5.32 Å². The number of carbonyl (C=O) groups excluding carboxylic acids is 2. The molecule has 38 heavy (non-hydrogen) atoms. The first kappa shape index (κ1) is 29.9. The highest BCUT2D eigenvalue weighted by atomic mass is 35.5. The third kappa shape index (κ3) is 7.45. The quantitative estimate of drug-likeness (QED) is 0.373.